The van der Waals surface area contributed by atoms with Gasteiger partial charge in [0.05, 0.1) is 6.61 Å². The van der Waals surface area contributed by atoms with Crippen LogP contribution in [-0.4, -0.2) is 28.3 Å². The molecule has 0 aliphatic heterocycles. The molecule has 0 saturated heterocycles. The lowest BCUT2D eigenvalue weighted by Crippen LogP contribution is -2.05. The summed E-state index contributed by atoms with van der Waals surface area (Å²) in [6, 6.07) is 3.27. The number of hydrogen-bond donors (Lipinski definition) is 1. The van der Waals surface area contributed by atoms with Crippen molar-refractivity contribution in [3.05, 3.63) is 40.0 Å². The van der Waals surface area contributed by atoms with Gasteiger partial charge in [-0.1, -0.05) is 0 Å². The molecular formula is C12H11N3O3S. The molecule has 2 rings (SSSR count). The maximum atomic E-state index is 12.1. The molecule has 0 saturated carbocycles. The van der Waals surface area contributed by atoms with Crippen molar-refractivity contribution in [2.24, 2.45) is 0 Å². The van der Waals surface area contributed by atoms with Crippen LogP contribution < -0.4 is 5.73 Å². The third-order valence-electron chi connectivity index (χ3n) is 2.23. The zero-order valence-electron chi connectivity index (χ0n) is 10.1. The molecular weight excluding hydrogens is 266 g/mol. The largest absolute Gasteiger partial charge is 0.462 e. The number of hydrogen-bond acceptors (Lipinski definition) is 7. The van der Waals surface area contributed by atoms with E-state index in [1.807, 2.05) is 0 Å². The van der Waals surface area contributed by atoms with Crippen molar-refractivity contribution >= 4 is 28.9 Å². The highest BCUT2D eigenvalue weighted by Crippen LogP contribution is 2.23. The van der Waals surface area contributed by atoms with Crippen LogP contribution in [0.1, 0.15) is 32.0 Å². The van der Waals surface area contributed by atoms with Crippen LogP contribution in [0.25, 0.3) is 0 Å². The Balaban J connectivity index is 2.30. The molecule has 0 aromatic carbocycles. The molecule has 2 aromatic rings. The van der Waals surface area contributed by atoms with Crippen molar-refractivity contribution in [2.75, 3.05) is 12.3 Å². The Bertz CT molecular complexity index is 610. The molecule has 0 aliphatic rings. The normalized spacial score (nSPS) is 10.2. The van der Waals surface area contributed by atoms with Crippen LogP contribution in [0.5, 0.6) is 0 Å². The summed E-state index contributed by atoms with van der Waals surface area (Å²) in [7, 11) is 0. The first-order valence-electron chi connectivity index (χ1n) is 5.51. The maximum absolute atomic E-state index is 12.1. The van der Waals surface area contributed by atoms with E-state index in [2.05, 4.69) is 9.97 Å². The Kier molecular flexibility index (Phi) is 3.86. The quantitative estimate of drug-likeness (QED) is 0.672. The van der Waals surface area contributed by atoms with E-state index in [-0.39, 0.29) is 28.1 Å². The average molecular weight is 277 g/mol. The van der Waals surface area contributed by atoms with Crippen LogP contribution in [0, 0.1) is 0 Å². The van der Waals surface area contributed by atoms with Crippen LogP contribution >= 0.6 is 11.3 Å². The first-order chi connectivity index (χ1) is 9.13. The number of ketones is 1. The van der Waals surface area contributed by atoms with E-state index in [4.69, 9.17) is 10.5 Å². The number of carbonyl (C=O) groups excluding carboxylic acids is 2. The van der Waals surface area contributed by atoms with Crippen molar-refractivity contribution in [3.63, 3.8) is 0 Å². The number of aromatic nitrogens is 2. The fraction of sp³-hybridized carbons (Fsp3) is 0.167. The SMILES string of the molecule is CCOC(=O)c1sc(C(=O)c2cccnc2)nc1N. The van der Waals surface area contributed by atoms with E-state index in [0.717, 1.165) is 11.3 Å². The molecule has 19 heavy (non-hydrogen) atoms. The molecule has 7 heteroatoms. The molecule has 0 atom stereocenters. The number of rotatable bonds is 4. The van der Waals surface area contributed by atoms with Crippen LogP contribution in [-0.2, 0) is 4.74 Å². The van der Waals surface area contributed by atoms with Crippen molar-refractivity contribution < 1.29 is 14.3 Å². The fourth-order valence-corrected chi connectivity index (χ4v) is 2.23. The number of thiazole rings is 1. The summed E-state index contributed by atoms with van der Waals surface area (Å²) < 4.78 is 4.84. The fourth-order valence-electron chi connectivity index (χ4n) is 1.39. The number of esters is 1. The van der Waals surface area contributed by atoms with Gasteiger partial charge in [0.15, 0.2) is 9.88 Å². The number of pyridine rings is 1. The van der Waals surface area contributed by atoms with Gasteiger partial charge in [0, 0.05) is 18.0 Å². The van der Waals surface area contributed by atoms with Crippen molar-refractivity contribution in [1.82, 2.24) is 9.97 Å². The van der Waals surface area contributed by atoms with Crippen molar-refractivity contribution in [3.8, 4) is 0 Å². The Morgan fingerprint density at radius 2 is 2.26 bits per heavy atom. The maximum Gasteiger partial charge on any atom is 0.352 e. The Morgan fingerprint density at radius 1 is 1.47 bits per heavy atom. The van der Waals surface area contributed by atoms with Gasteiger partial charge in [-0.2, -0.15) is 0 Å². The lowest BCUT2D eigenvalue weighted by Gasteiger charge is -1.97. The van der Waals surface area contributed by atoms with Gasteiger partial charge in [0.2, 0.25) is 5.78 Å². The molecule has 0 bridgehead atoms. The van der Waals surface area contributed by atoms with E-state index in [1.165, 1.54) is 6.20 Å². The Labute approximate surface area is 113 Å². The monoisotopic (exact) mass is 277 g/mol. The van der Waals surface area contributed by atoms with Gasteiger partial charge < -0.3 is 10.5 Å². The van der Waals surface area contributed by atoms with Gasteiger partial charge in [-0.3, -0.25) is 9.78 Å². The Morgan fingerprint density at radius 3 is 2.89 bits per heavy atom. The molecule has 0 unspecified atom stereocenters. The second-order valence-corrected chi connectivity index (χ2v) is 4.52. The van der Waals surface area contributed by atoms with Crippen LogP contribution in [0.4, 0.5) is 5.82 Å². The molecule has 6 nitrogen and oxygen atoms in total. The molecule has 2 aromatic heterocycles. The highest BCUT2D eigenvalue weighted by molar-refractivity contribution is 7.16. The minimum Gasteiger partial charge on any atom is -0.462 e. The number of nitrogen functional groups attached to an aromatic ring is 1. The van der Waals surface area contributed by atoms with E-state index < -0.39 is 5.97 Å². The third kappa shape index (κ3) is 2.76. The summed E-state index contributed by atoms with van der Waals surface area (Å²) in [6.07, 6.45) is 3.00. The van der Waals surface area contributed by atoms with Gasteiger partial charge in [-0.25, -0.2) is 9.78 Å². The number of nitrogens with zero attached hydrogens (tertiary/aromatic N) is 2. The number of ether oxygens (including phenoxy) is 1. The van der Waals surface area contributed by atoms with Crippen molar-refractivity contribution in [1.29, 1.82) is 0 Å². The summed E-state index contributed by atoms with van der Waals surface area (Å²) in [5, 5.41) is 0.147. The van der Waals surface area contributed by atoms with Gasteiger partial charge >= 0.3 is 5.97 Å². The minimum absolute atomic E-state index is 0.00990. The average Bonchev–Trinajstić information content (AvgIpc) is 2.81. The van der Waals surface area contributed by atoms with Gasteiger partial charge in [0.1, 0.15) is 5.82 Å². The lowest BCUT2D eigenvalue weighted by molar-refractivity contribution is 0.0533. The van der Waals surface area contributed by atoms with Gasteiger partial charge in [0.25, 0.3) is 0 Å². The lowest BCUT2D eigenvalue weighted by atomic mass is 10.2. The third-order valence-corrected chi connectivity index (χ3v) is 3.28. The number of nitrogens with two attached hydrogens (primary N) is 1. The molecule has 0 amide bonds. The van der Waals surface area contributed by atoms with Crippen LogP contribution in [0.2, 0.25) is 0 Å². The van der Waals surface area contributed by atoms with E-state index in [9.17, 15) is 9.59 Å². The van der Waals surface area contributed by atoms with E-state index in [1.54, 1.807) is 25.3 Å². The van der Waals surface area contributed by atoms with Crippen LogP contribution in [0.15, 0.2) is 24.5 Å². The first kappa shape index (κ1) is 13.2. The second-order valence-electron chi connectivity index (χ2n) is 3.52. The smallest absolute Gasteiger partial charge is 0.352 e. The number of carbonyl (C=O) groups is 2. The van der Waals surface area contributed by atoms with Crippen molar-refractivity contribution in [2.45, 2.75) is 6.92 Å². The highest BCUT2D eigenvalue weighted by atomic mass is 32.1. The summed E-state index contributed by atoms with van der Waals surface area (Å²) in [5.74, 6) is -0.876. The van der Waals surface area contributed by atoms with E-state index in [0.29, 0.717) is 5.56 Å². The van der Waals surface area contributed by atoms with Gasteiger partial charge in [-0.15, -0.1) is 11.3 Å². The molecule has 0 fully saturated rings. The Hall–Kier alpha value is -2.28. The topological polar surface area (TPSA) is 95.2 Å². The summed E-state index contributed by atoms with van der Waals surface area (Å²) >= 11 is 0.923. The summed E-state index contributed by atoms with van der Waals surface area (Å²) in [5.41, 5.74) is 6.01. The summed E-state index contributed by atoms with van der Waals surface area (Å²) in [6.45, 7) is 1.93. The predicted octanol–water partition coefficient (Wildman–Crippen LogP) is 1.53. The summed E-state index contributed by atoms with van der Waals surface area (Å²) in [4.78, 5) is 31.6. The molecule has 0 spiro atoms. The van der Waals surface area contributed by atoms with Gasteiger partial charge in [-0.05, 0) is 19.1 Å². The second kappa shape index (κ2) is 5.57. The molecule has 98 valence electrons. The predicted molar refractivity (Wildman–Crippen MR) is 70.2 cm³/mol. The zero-order chi connectivity index (χ0) is 13.8. The molecule has 0 radical (unpaired) electrons. The molecule has 2 heterocycles. The minimum atomic E-state index is -0.567. The standard InChI is InChI=1S/C12H11N3O3S/c1-2-18-12(17)9-10(13)15-11(19-9)8(16)7-4-3-5-14-6-7/h3-6H,2,13H2,1H3. The zero-order valence-corrected chi connectivity index (χ0v) is 10.9. The van der Waals surface area contributed by atoms with Crippen LogP contribution in [0.3, 0.4) is 0 Å². The highest BCUT2D eigenvalue weighted by Gasteiger charge is 2.21. The number of anilines is 1. The van der Waals surface area contributed by atoms with E-state index >= 15 is 0 Å². The molecule has 0 aliphatic carbocycles. The molecule has 2 N–H and O–H groups in total. The first-order valence-corrected chi connectivity index (χ1v) is 6.33.